The molecule has 0 spiro atoms. The number of ether oxygens (including phenoxy) is 1. The molecule has 0 aliphatic rings. The monoisotopic (exact) mass is 404 g/mol. The molecule has 0 unspecified atom stereocenters. The van der Waals surface area contributed by atoms with Gasteiger partial charge < -0.3 is 4.74 Å². The van der Waals surface area contributed by atoms with E-state index in [-0.39, 0.29) is 11.9 Å². The van der Waals surface area contributed by atoms with Gasteiger partial charge in [-0.05, 0) is 34.5 Å². The first-order valence-corrected chi connectivity index (χ1v) is 9.20. The maximum atomic E-state index is 11.1. The maximum Gasteiger partial charge on any atom is 0.302 e. The van der Waals surface area contributed by atoms with Gasteiger partial charge in [0.1, 0.15) is 0 Å². The largest absolute Gasteiger partial charge is 0.466 e. The van der Waals surface area contributed by atoms with Crippen LogP contribution in [0.5, 0.6) is 0 Å². The van der Waals surface area contributed by atoms with E-state index in [4.69, 9.17) is 27.9 Å². The smallest absolute Gasteiger partial charge is 0.302 e. The Balaban J connectivity index is 1.86. The summed E-state index contributed by atoms with van der Waals surface area (Å²) in [5.41, 5.74) is 1.90. The average Bonchev–Trinajstić information content (AvgIpc) is 3.12. The highest BCUT2D eigenvalue weighted by Crippen LogP contribution is 2.30. The number of nitrogens with zero attached hydrogens (tertiary/aromatic N) is 4. The van der Waals surface area contributed by atoms with Crippen molar-refractivity contribution in [3.63, 3.8) is 0 Å². The zero-order valence-electron chi connectivity index (χ0n) is 14.7. The van der Waals surface area contributed by atoms with Gasteiger partial charge in [-0.1, -0.05) is 59.6 Å². The quantitative estimate of drug-likeness (QED) is 0.546. The van der Waals surface area contributed by atoms with Crippen LogP contribution in [0.15, 0.2) is 48.5 Å². The Labute approximate surface area is 167 Å². The van der Waals surface area contributed by atoms with Gasteiger partial charge in [0.25, 0.3) is 0 Å². The third-order valence-electron chi connectivity index (χ3n) is 4.14. The molecule has 8 heteroatoms. The lowest BCUT2D eigenvalue weighted by Crippen LogP contribution is -2.15. The third kappa shape index (κ3) is 5.05. The molecule has 140 valence electrons. The van der Waals surface area contributed by atoms with E-state index < -0.39 is 0 Å². The van der Waals surface area contributed by atoms with Crippen molar-refractivity contribution in [2.75, 3.05) is 6.61 Å². The van der Waals surface area contributed by atoms with E-state index in [1.54, 1.807) is 10.7 Å². The molecule has 1 atom stereocenters. The van der Waals surface area contributed by atoms with Crippen LogP contribution in [0.4, 0.5) is 0 Å². The Morgan fingerprint density at radius 2 is 1.93 bits per heavy atom. The van der Waals surface area contributed by atoms with Crippen LogP contribution in [0, 0.1) is 0 Å². The second-order valence-corrected chi connectivity index (χ2v) is 6.86. The van der Waals surface area contributed by atoms with Gasteiger partial charge in [0.05, 0.1) is 23.2 Å². The molecule has 0 radical (unpaired) electrons. The summed E-state index contributed by atoms with van der Waals surface area (Å²) in [6, 6.07) is 15.2. The van der Waals surface area contributed by atoms with Crippen LogP contribution in [-0.4, -0.2) is 32.8 Å². The zero-order chi connectivity index (χ0) is 19.2. The highest BCUT2D eigenvalue weighted by molar-refractivity contribution is 6.42. The van der Waals surface area contributed by atoms with Crippen molar-refractivity contribution < 1.29 is 9.53 Å². The molecule has 0 saturated carbocycles. The Kier molecular flexibility index (Phi) is 6.42. The van der Waals surface area contributed by atoms with E-state index in [0.29, 0.717) is 35.4 Å². The minimum absolute atomic E-state index is 0.00919. The summed E-state index contributed by atoms with van der Waals surface area (Å²) in [7, 11) is 0. The summed E-state index contributed by atoms with van der Waals surface area (Å²) in [5, 5.41) is 13.1. The van der Waals surface area contributed by atoms with Crippen molar-refractivity contribution >= 4 is 29.2 Å². The lowest BCUT2D eigenvalue weighted by atomic mass is 9.96. The molecule has 0 amide bonds. The summed E-state index contributed by atoms with van der Waals surface area (Å²) in [6.45, 7) is 2.20. The van der Waals surface area contributed by atoms with Crippen LogP contribution in [0.2, 0.25) is 10.0 Å². The normalized spacial score (nSPS) is 12.0. The van der Waals surface area contributed by atoms with Crippen LogP contribution < -0.4 is 0 Å². The third-order valence-corrected chi connectivity index (χ3v) is 4.88. The fraction of sp³-hybridized carbons (Fsp3) is 0.263. The fourth-order valence-corrected chi connectivity index (χ4v) is 3.11. The van der Waals surface area contributed by atoms with E-state index >= 15 is 0 Å². The summed E-state index contributed by atoms with van der Waals surface area (Å²) in [5.74, 6) is 0.355. The first-order valence-electron chi connectivity index (χ1n) is 8.44. The van der Waals surface area contributed by atoms with Crippen LogP contribution in [0.1, 0.15) is 24.8 Å². The van der Waals surface area contributed by atoms with Crippen molar-refractivity contribution in [2.45, 2.75) is 25.8 Å². The fourth-order valence-electron chi connectivity index (χ4n) is 2.80. The Morgan fingerprint density at radius 3 is 2.63 bits per heavy atom. The van der Waals surface area contributed by atoms with Gasteiger partial charge in [-0.25, -0.2) is 4.68 Å². The first kappa shape index (κ1) is 19.3. The van der Waals surface area contributed by atoms with Gasteiger partial charge in [-0.3, -0.25) is 4.79 Å². The zero-order valence-corrected chi connectivity index (χ0v) is 16.2. The molecule has 1 aromatic heterocycles. The first-order chi connectivity index (χ1) is 13.0. The average molecular weight is 405 g/mol. The Hall–Kier alpha value is -2.44. The summed E-state index contributed by atoms with van der Waals surface area (Å²) in [6.07, 6.45) is 0.603. The highest BCUT2D eigenvalue weighted by Gasteiger charge is 2.18. The summed E-state index contributed by atoms with van der Waals surface area (Å²) in [4.78, 5) is 11.1. The number of tetrazole rings is 1. The van der Waals surface area contributed by atoms with E-state index in [1.165, 1.54) is 6.92 Å². The van der Waals surface area contributed by atoms with Crippen LogP contribution in [0.25, 0.3) is 11.4 Å². The number of rotatable bonds is 7. The lowest BCUT2D eigenvalue weighted by Gasteiger charge is -2.18. The molecule has 0 N–H and O–H groups in total. The molecule has 6 nitrogen and oxygen atoms in total. The summed E-state index contributed by atoms with van der Waals surface area (Å²) >= 11 is 12.2. The van der Waals surface area contributed by atoms with Crippen molar-refractivity contribution in [3.05, 3.63) is 64.1 Å². The lowest BCUT2D eigenvalue weighted by molar-refractivity contribution is -0.141. The highest BCUT2D eigenvalue weighted by atomic mass is 35.5. The minimum Gasteiger partial charge on any atom is -0.466 e. The van der Waals surface area contributed by atoms with Crippen LogP contribution in [0.3, 0.4) is 0 Å². The number of benzene rings is 2. The van der Waals surface area contributed by atoms with Gasteiger partial charge in [-0.2, -0.15) is 0 Å². The molecule has 2 aromatic carbocycles. The number of esters is 1. The number of hydrogen-bond acceptors (Lipinski definition) is 5. The molecule has 1 heterocycles. The molecule has 0 bridgehead atoms. The van der Waals surface area contributed by atoms with Crippen molar-refractivity contribution in [3.8, 4) is 11.4 Å². The number of hydrogen-bond donors (Lipinski definition) is 0. The number of carbonyl (C=O) groups is 1. The predicted octanol–water partition coefficient (Wildman–Crippen LogP) is 4.38. The second kappa shape index (κ2) is 8.97. The van der Waals surface area contributed by atoms with Gasteiger partial charge in [0, 0.05) is 18.4 Å². The van der Waals surface area contributed by atoms with Crippen molar-refractivity contribution in [1.29, 1.82) is 0 Å². The number of aromatic nitrogens is 4. The van der Waals surface area contributed by atoms with Gasteiger partial charge in [-0.15, -0.1) is 5.10 Å². The van der Waals surface area contributed by atoms with E-state index in [9.17, 15) is 4.79 Å². The summed E-state index contributed by atoms with van der Waals surface area (Å²) < 4.78 is 6.87. The number of carbonyl (C=O) groups excluding carboxylic acids is 1. The second-order valence-electron chi connectivity index (χ2n) is 6.05. The molecular weight excluding hydrogens is 387 g/mol. The van der Waals surface area contributed by atoms with E-state index in [0.717, 1.165) is 11.1 Å². The Bertz CT molecular complexity index is 915. The minimum atomic E-state index is -0.310. The SMILES string of the molecule is CC(=O)OCC[C@H](Cn1nnnc1-c1ccccc1)c1ccc(Cl)c(Cl)c1. The Morgan fingerprint density at radius 1 is 1.15 bits per heavy atom. The van der Waals surface area contributed by atoms with Crippen LogP contribution in [-0.2, 0) is 16.1 Å². The van der Waals surface area contributed by atoms with E-state index in [1.807, 2.05) is 42.5 Å². The molecule has 27 heavy (non-hydrogen) atoms. The number of halogens is 2. The van der Waals surface area contributed by atoms with Crippen molar-refractivity contribution in [1.82, 2.24) is 20.2 Å². The van der Waals surface area contributed by atoms with Crippen LogP contribution >= 0.6 is 23.2 Å². The molecule has 0 aliphatic carbocycles. The van der Waals surface area contributed by atoms with Crippen molar-refractivity contribution in [2.24, 2.45) is 0 Å². The topological polar surface area (TPSA) is 69.9 Å². The molecule has 0 saturated heterocycles. The maximum absolute atomic E-state index is 11.1. The molecule has 0 aliphatic heterocycles. The van der Waals surface area contributed by atoms with Gasteiger partial charge in [0.15, 0.2) is 5.82 Å². The molecule has 3 rings (SSSR count). The standard InChI is InChI=1S/C19H18Cl2N4O2/c1-13(26)27-10-9-16(15-7-8-17(20)18(21)11-15)12-25-19(22-23-24-25)14-5-3-2-4-6-14/h2-8,11,16H,9-10,12H2,1H3/t16-/m1/s1. The van der Waals surface area contributed by atoms with E-state index in [2.05, 4.69) is 15.5 Å². The van der Waals surface area contributed by atoms with Gasteiger partial charge >= 0.3 is 5.97 Å². The molecular formula is C19H18Cl2N4O2. The van der Waals surface area contributed by atoms with Gasteiger partial charge in [0.2, 0.25) is 0 Å². The molecule has 0 fully saturated rings. The molecule has 3 aromatic rings. The predicted molar refractivity (Wildman–Crippen MR) is 104 cm³/mol.